The number of hydrogen-bond donors (Lipinski definition) is 1. The minimum atomic E-state index is -0.868. The summed E-state index contributed by atoms with van der Waals surface area (Å²) in [5, 5.41) is 20.3. The topological polar surface area (TPSA) is 53.2 Å². The van der Waals surface area contributed by atoms with Crippen molar-refractivity contribution in [2.45, 2.75) is 38.7 Å². The van der Waals surface area contributed by atoms with E-state index in [2.05, 4.69) is 6.07 Å². The molecule has 1 aromatic carbocycles. The molecule has 2 unspecified atom stereocenters. The molecule has 0 saturated carbocycles. The molecule has 2 atom stereocenters. The van der Waals surface area contributed by atoms with Crippen LogP contribution in [0.2, 0.25) is 0 Å². The predicted octanol–water partition coefficient (Wildman–Crippen LogP) is 2.64. The van der Waals surface area contributed by atoms with Crippen LogP contribution in [0.3, 0.4) is 0 Å². The van der Waals surface area contributed by atoms with Gasteiger partial charge in [0.25, 0.3) is 0 Å². The highest BCUT2D eigenvalue weighted by molar-refractivity contribution is 5.47. The third-order valence-electron chi connectivity index (χ3n) is 3.61. The van der Waals surface area contributed by atoms with E-state index in [1.807, 2.05) is 45.0 Å². The Labute approximate surface area is 108 Å². The minimum Gasteiger partial charge on any atom is -0.493 e. The number of hydrogen-bond acceptors (Lipinski definition) is 3. The van der Waals surface area contributed by atoms with Gasteiger partial charge in [0.15, 0.2) is 0 Å². The number of ether oxygens (including phenoxy) is 1. The fraction of sp³-hybridized carbons (Fsp3) is 0.533. The van der Waals surface area contributed by atoms with Crippen molar-refractivity contribution < 1.29 is 9.84 Å². The van der Waals surface area contributed by atoms with Crippen LogP contribution in [0.4, 0.5) is 0 Å². The van der Waals surface area contributed by atoms with Gasteiger partial charge >= 0.3 is 0 Å². The van der Waals surface area contributed by atoms with Crippen LogP contribution in [0.5, 0.6) is 5.75 Å². The van der Waals surface area contributed by atoms with Crippen molar-refractivity contribution in [3.8, 4) is 11.8 Å². The number of aliphatic hydroxyl groups is 1. The van der Waals surface area contributed by atoms with Crippen molar-refractivity contribution in [1.82, 2.24) is 0 Å². The summed E-state index contributed by atoms with van der Waals surface area (Å²) >= 11 is 0. The van der Waals surface area contributed by atoms with Crippen LogP contribution in [0, 0.1) is 16.7 Å². The number of rotatable bonds is 1. The molecular weight excluding hydrogens is 226 g/mol. The first-order valence-electron chi connectivity index (χ1n) is 6.23. The van der Waals surface area contributed by atoms with Gasteiger partial charge in [0.2, 0.25) is 0 Å². The maximum atomic E-state index is 10.6. The minimum absolute atomic E-state index is 0.347. The van der Waals surface area contributed by atoms with Crippen LogP contribution < -0.4 is 4.74 Å². The quantitative estimate of drug-likeness (QED) is 0.827. The second-order valence-electron chi connectivity index (χ2n) is 5.95. The van der Waals surface area contributed by atoms with Gasteiger partial charge in [-0.2, -0.15) is 5.26 Å². The first kappa shape index (κ1) is 12.9. The molecule has 0 amide bonds. The van der Waals surface area contributed by atoms with Crippen LogP contribution in [0.25, 0.3) is 0 Å². The van der Waals surface area contributed by atoms with Crippen molar-refractivity contribution in [2.75, 3.05) is 6.61 Å². The van der Waals surface area contributed by atoms with E-state index in [0.717, 1.165) is 5.56 Å². The number of para-hydroxylation sites is 1. The average Bonchev–Trinajstić information content (AvgIpc) is 2.36. The van der Waals surface area contributed by atoms with Gasteiger partial charge in [0.05, 0.1) is 18.8 Å². The van der Waals surface area contributed by atoms with Gasteiger partial charge in [-0.1, -0.05) is 39.0 Å². The predicted molar refractivity (Wildman–Crippen MR) is 69.3 cm³/mol. The molecule has 0 aromatic heterocycles. The second-order valence-corrected chi connectivity index (χ2v) is 5.95. The molecule has 2 rings (SSSR count). The molecule has 0 radical (unpaired) electrons. The second kappa shape index (κ2) is 4.29. The lowest BCUT2D eigenvalue weighted by Crippen LogP contribution is -2.48. The molecule has 1 aliphatic heterocycles. The average molecular weight is 245 g/mol. The lowest BCUT2D eigenvalue weighted by atomic mass is 9.65. The van der Waals surface area contributed by atoms with Gasteiger partial charge in [0, 0.05) is 12.0 Å². The van der Waals surface area contributed by atoms with Crippen molar-refractivity contribution in [1.29, 1.82) is 5.26 Å². The van der Waals surface area contributed by atoms with E-state index >= 15 is 0 Å². The van der Waals surface area contributed by atoms with Crippen LogP contribution in [-0.2, 0) is 5.41 Å². The molecule has 1 heterocycles. The van der Waals surface area contributed by atoms with Crippen molar-refractivity contribution in [2.24, 2.45) is 5.41 Å². The van der Waals surface area contributed by atoms with E-state index in [-0.39, 0.29) is 5.41 Å². The number of nitriles is 1. The van der Waals surface area contributed by atoms with Crippen LogP contribution in [0.15, 0.2) is 24.3 Å². The summed E-state index contributed by atoms with van der Waals surface area (Å²) in [5.41, 5.74) is -0.408. The Morgan fingerprint density at radius 2 is 2.06 bits per heavy atom. The van der Waals surface area contributed by atoms with Gasteiger partial charge in [-0.15, -0.1) is 0 Å². The molecule has 96 valence electrons. The standard InChI is InChI=1S/C15H19NO2/c1-14(2,3)13(17)15(10-16)8-9-18-12-7-5-4-6-11(12)15/h4-7,13,17H,8-9H2,1-3H3. The maximum Gasteiger partial charge on any atom is 0.124 e. The fourth-order valence-corrected chi connectivity index (χ4v) is 2.62. The Kier molecular flexibility index (Phi) is 3.08. The van der Waals surface area contributed by atoms with Crippen molar-refractivity contribution in [3.63, 3.8) is 0 Å². The molecule has 0 fully saturated rings. The molecule has 3 nitrogen and oxygen atoms in total. The molecule has 0 bridgehead atoms. The maximum absolute atomic E-state index is 10.6. The smallest absolute Gasteiger partial charge is 0.124 e. The van der Waals surface area contributed by atoms with Crippen LogP contribution >= 0.6 is 0 Å². The number of benzene rings is 1. The number of nitrogens with zero attached hydrogens (tertiary/aromatic N) is 1. The van der Waals surface area contributed by atoms with E-state index in [1.54, 1.807) is 0 Å². The Hall–Kier alpha value is -1.53. The SMILES string of the molecule is CC(C)(C)C(O)C1(C#N)CCOc2ccccc21. The summed E-state index contributed by atoms with van der Waals surface area (Å²) in [6.07, 6.45) is -0.195. The fourth-order valence-electron chi connectivity index (χ4n) is 2.62. The summed E-state index contributed by atoms with van der Waals surface area (Å²) in [7, 11) is 0. The largest absolute Gasteiger partial charge is 0.493 e. The Morgan fingerprint density at radius 3 is 2.67 bits per heavy atom. The molecular formula is C15H19NO2. The monoisotopic (exact) mass is 245 g/mol. The number of aliphatic hydroxyl groups excluding tert-OH is 1. The first-order chi connectivity index (χ1) is 8.42. The summed E-state index contributed by atoms with van der Waals surface area (Å²) in [5.74, 6) is 0.716. The normalized spacial score (nSPS) is 24.6. The van der Waals surface area contributed by atoms with Crippen LogP contribution in [0.1, 0.15) is 32.8 Å². The highest BCUT2D eigenvalue weighted by Crippen LogP contribution is 2.45. The summed E-state index contributed by atoms with van der Waals surface area (Å²) < 4.78 is 5.58. The number of fused-ring (bicyclic) bond motifs is 1. The molecule has 18 heavy (non-hydrogen) atoms. The molecule has 1 N–H and O–H groups in total. The highest BCUT2D eigenvalue weighted by atomic mass is 16.5. The van der Waals surface area contributed by atoms with Gasteiger partial charge in [0.1, 0.15) is 11.2 Å². The van der Waals surface area contributed by atoms with E-state index in [4.69, 9.17) is 4.74 Å². The lowest BCUT2D eigenvalue weighted by Gasteiger charge is -2.42. The third-order valence-corrected chi connectivity index (χ3v) is 3.61. The van der Waals surface area contributed by atoms with E-state index in [0.29, 0.717) is 18.8 Å². The molecule has 1 aliphatic rings. The third kappa shape index (κ3) is 1.87. The molecule has 3 heteroatoms. The highest BCUT2D eigenvalue weighted by Gasteiger charge is 2.48. The summed E-state index contributed by atoms with van der Waals surface area (Å²) in [6, 6.07) is 9.86. The zero-order valence-corrected chi connectivity index (χ0v) is 11.1. The summed E-state index contributed by atoms with van der Waals surface area (Å²) in [6.45, 7) is 6.33. The van der Waals surface area contributed by atoms with E-state index in [1.165, 1.54) is 0 Å². The lowest BCUT2D eigenvalue weighted by molar-refractivity contribution is -0.00167. The van der Waals surface area contributed by atoms with Gasteiger partial charge in [-0.25, -0.2) is 0 Å². The first-order valence-corrected chi connectivity index (χ1v) is 6.23. The van der Waals surface area contributed by atoms with Crippen molar-refractivity contribution in [3.05, 3.63) is 29.8 Å². The van der Waals surface area contributed by atoms with E-state index < -0.39 is 11.5 Å². The van der Waals surface area contributed by atoms with Gasteiger partial charge in [-0.05, 0) is 11.5 Å². The molecule has 0 spiro atoms. The Balaban J connectivity index is 2.57. The molecule has 0 aliphatic carbocycles. The zero-order valence-electron chi connectivity index (χ0n) is 11.1. The molecule has 1 aromatic rings. The van der Waals surface area contributed by atoms with Gasteiger partial charge < -0.3 is 9.84 Å². The summed E-state index contributed by atoms with van der Waals surface area (Å²) in [4.78, 5) is 0. The van der Waals surface area contributed by atoms with Crippen molar-refractivity contribution >= 4 is 0 Å². The Bertz CT molecular complexity index is 484. The van der Waals surface area contributed by atoms with E-state index in [9.17, 15) is 10.4 Å². The van der Waals surface area contributed by atoms with Gasteiger partial charge in [-0.3, -0.25) is 0 Å². The van der Waals surface area contributed by atoms with Crippen LogP contribution in [-0.4, -0.2) is 17.8 Å². The zero-order chi connectivity index (χ0) is 13.4. The Morgan fingerprint density at radius 1 is 1.39 bits per heavy atom. The molecule has 0 saturated heterocycles.